The maximum atomic E-state index is 13.2. The molecule has 0 aromatic carbocycles. The smallest absolute Gasteiger partial charge is 0.226 e. The zero-order chi connectivity index (χ0) is 20.0. The van der Waals surface area contributed by atoms with Crippen molar-refractivity contribution in [1.82, 2.24) is 4.90 Å². The highest BCUT2D eigenvalue weighted by molar-refractivity contribution is 5.90. The molecule has 2 atom stereocenters. The van der Waals surface area contributed by atoms with Crippen LogP contribution >= 0.6 is 0 Å². The molecule has 2 unspecified atom stereocenters. The third kappa shape index (κ3) is 8.25. The van der Waals surface area contributed by atoms with Crippen molar-refractivity contribution >= 4 is 11.7 Å². The van der Waals surface area contributed by atoms with E-state index in [4.69, 9.17) is 0 Å². The highest BCUT2D eigenvalue weighted by Crippen LogP contribution is 2.28. The average Bonchev–Trinajstić information content (AvgIpc) is 3.01. The Labute approximate surface area is 174 Å². The summed E-state index contributed by atoms with van der Waals surface area (Å²) in [7, 11) is 0. The first-order chi connectivity index (χ1) is 13.7. The lowest BCUT2D eigenvalue weighted by Crippen LogP contribution is -2.46. The fourth-order valence-electron chi connectivity index (χ4n) is 5.07. The van der Waals surface area contributed by atoms with Gasteiger partial charge in [-0.05, 0) is 32.1 Å². The molecule has 0 radical (unpaired) electrons. The van der Waals surface area contributed by atoms with Crippen molar-refractivity contribution in [2.75, 3.05) is 6.54 Å². The number of hydrogen-bond donors (Lipinski definition) is 0. The number of nitrogens with zero attached hydrogens (tertiary/aromatic N) is 1. The summed E-state index contributed by atoms with van der Waals surface area (Å²) in [5.74, 6) is 0.798. The molecule has 1 saturated heterocycles. The van der Waals surface area contributed by atoms with E-state index in [1.807, 2.05) is 4.90 Å². The monoisotopic (exact) mass is 391 g/mol. The van der Waals surface area contributed by atoms with Crippen LogP contribution in [0.1, 0.15) is 129 Å². The van der Waals surface area contributed by atoms with Crippen LogP contribution in [-0.4, -0.2) is 29.2 Å². The largest absolute Gasteiger partial charge is 0.332 e. The molecule has 3 nitrogen and oxygen atoms in total. The summed E-state index contributed by atoms with van der Waals surface area (Å²) in [6.07, 6.45) is 22.5. The number of carbonyl (C=O) groups excluding carboxylic acids is 2. The highest BCUT2D eigenvalue weighted by Gasteiger charge is 2.34. The Morgan fingerprint density at radius 2 is 1.39 bits per heavy atom. The van der Waals surface area contributed by atoms with Crippen LogP contribution in [0.25, 0.3) is 0 Å². The van der Waals surface area contributed by atoms with Gasteiger partial charge in [-0.1, -0.05) is 90.4 Å². The molecule has 2 fully saturated rings. The molecule has 1 aliphatic carbocycles. The van der Waals surface area contributed by atoms with Gasteiger partial charge in [0.05, 0.1) is 6.04 Å². The van der Waals surface area contributed by atoms with Crippen molar-refractivity contribution in [1.29, 1.82) is 0 Å². The summed E-state index contributed by atoms with van der Waals surface area (Å²) in [5.41, 5.74) is 0. The lowest BCUT2D eigenvalue weighted by molar-refractivity contribution is -0.142. The number of unbranched alkanes of at least 4 members (excludes halogenated alkanes) is 9. The predicted molar refractivity (Wildman–Crippen MR) is 117 cm³/mol. The van der Waals surface area contributed by atoms with Crippen LogP contribution in [-0.2, 0) is 9.59 Å². The van der Waals surface area contributed by atoms with Gasteiger partial charge in [0.25, 0.3) is 0 Å². The first-order valence-electron chi connectivity index (χ1n) is 12.6. The van der Waals surface area contributed by atoms with E-state index in [1.165, 1.54) is 64.2 Å². The number of amides is 1. The maximum absolute atomic E-state index is 13.2. The van der Waals surface area contributed by atoms with Gasteiger partial charge in [0.1, 0.15) is 0 Å². The number of Topliss-reactive ketones (excluding diaryl/α,β-unsaturated/α-hetero) is 1. The fourth-order valence-corrected chi connectivity index (χ4v) is 5.07. The van der Waals surface area contributed by atoms with Crippen LogP contribution in [0.5, 0.6) is 0 Å². The Morgan fingerprint density at radius 1 is 0.750 bits per heavy atom. The second kappa shape index (κ2) is 14.2. The molecule has 0 N–H and O–H groups in total. The minimum atomic E-state index is -0.108. The van der Waals surface area contributed by atoms with Crippen LogP contribution < -0.4 is 0 Å². The lowest BCUT2D eigenvalue weighted by Gasteiger charge is -2.31. The second-order valence-corrected chi connectivity index (χ2v) is 9.28. The molecule has 3 heteroatoms. The SMILES string of the molecule is CCCCCCCCCCCCC1CCCCN(C2CCCCCC2=O)C1=O. The van der Waals surface area contributed by atoms with Crippen LogP contribution in [0, 0.1) is 5.92 Å². The van der Waals surface area contributed by atoms with Crippen molar-refractivity contribution in [2.45, 2.75) is 135 Å². The standard InChI is InChI=1S/C25H45NO2/c1-2-3-4-5-6-7-8-9-10-12-17-22-18-15-16-21-26(25(22)28)23-19-13-11-14-20-24(23)27/h22-23H,2-21H2,1H3. The first-order valence-corrected chi connectivity index (χ1v) is 12.6. The summed E-state index contributed by atoms with van der Waals surface area (Å²) in [6, 6.07) is -0.108. The molecule has 2 aliphatic rings. The molecule has 2 rings (SSSR count). The molecular weight excluding hydrogens is 346 g/mol. The molecule has 1 amide bonds. The fraction of sp³-hybridized carbons (Fsp3) is 0.920. The predicted octanol–water partition coefficient (Wildman–Crippen LogP) is 6.83. The molecule has 0 bridgehead atoms. The summed E-state index contributed by atoms with van der Waals surface area (Å²) in [5, 5.41) is 0. The van der Waals surface area contributed by atoms with E-state index >= 15 is 0 Å². The van der Waals surface area contributed by atoms with Gasteiger partial charge in [-0.3, -0.25) is 9.59 Å². The van der Waals surface area contributed by atoms with E-state index < -0.39 is 0 Å². The van der Waals surface area contributed by atoms with Crippen molar-refractivity contribution in [3.63, 3.8) is 0 Å². The van der Waals surface area contributed by atoms with Gasteiger partial charge in [0, 0.05) is 18.9 Å². The highest BCUT2D eigenvalue weighted by atomic mass is 16.2. The van der Waals surface area contributed by atoms with Crippen LogP contribution in [0.2, 0.25) is 0 Å². The van der Waals surface area contributed by atoms with Gasteiger partial charge in [0.15, 0.2) is 5.78 Å². The summed E-state index contributed by atoms with van der Waals surface area (Å²) in [4.78, 5) is 27.7. The number of carbonyl (C=O) groups is 2. The Morgan fingerprint density at radius 3 is 2.11 bits per heavy atom. The lowest BCUT2D eigenvalue weighted by atomic mass is 9.94. The summed E-state index contributed by atoms with van der Waals surface area (Å²) >= 11 is 0. The average molecular weight is 392 g/mol. The summed E-state index contributed by atoms with van der Waals surface area (Å²) in [6.45, 7) is 3.08. The summed E-state index contributed by atoms with van der Waals surface area (Å²) < 4.78 is 0. The van der Waals surface area contributed by atoms with Gasteiger partial charge < -0.3 is 4.90 Å². The number of rotatable bonds is 12. The van der Waals surface area contributed by atoms with Gasteiger partial charge in [-0.25, -0.2) is 0 Å². The first kappa shape index (κ1) is 23.4. The molecule has 0 spiro atoms. The van der Waals surface area contributed by atoms with Crippen molar-refractivity contribution in [3.8, 4) is 0 Å². The topological polar surface area (TPSA) is 37.4 Å². The second-order valence-electron chi connectivity index (χ2n) is 9.28. The third-order valence-electron chi connectivity index (χ3n) is 6.89. The Balaban J connectivity index is 1.66. The van der Waals surface area contributed by atoms with Gasteiger partial charge in [0.2, 0.25) is 5.91 Å². The van der Waals surface area contributed by atoms with Crippen LogP contribution in [0.4, 0.5) is 0 Å². The minimum absolute atomic E-state index is 0.108. The van der Waals surface area contributed by atoms with Gasteiger partial charge >= 0.3 is 0 Å². The molecule has 162 valence electrons. The zero-order valence-electron chi connectivity index (χ0n) is 18.6. The van der Waals surface area contributed by atoms with E-state index in [-0.39, 0.29) is 12.0 Å². The van der Waals surface area contributed by atoms with Crippen LogP contribution in [0.15, 0.2) is 0 Å². The van der Waals surface area contributed by atoms with E-state index in [9.17, 15) is 9.59 Å². The third-order valence-corrected chi connectivity index (χ3v) is 6.89. The van der Waals surface area contributed by atoms with E-state index in [0.717, 1.165) is 57.9 Å². The number of hydrogen-bond acceptors (Lipinski definition) is 2. The van der Waals surface area contributed by atoms with E-state index in [2.05, 4.69) is 6.92 Å². The normalized spacial score (nSPS) is 24.2. The quantitative estimate of drug-likeness (QED) is 0.270. The van der Waals surface area contributed by atoms with Gasteiger partial charge in [-0.2, -0.15) is 0 Å². The van der Waals surface area contributed by atoms with E-state index in [0.29, 0.717) is 18.1 Å². The maximum Gasteiger partial charge on any atom is 0.226 e. The Hall–Kier alpha value is -0.860. The van der Waals surface area contributed by atoms with Crippen molar-refractivity contribution in [2.24, 2.45) is 5.92 Å². The van der Waals surface area contributed by atoms with Crippen molar-refractivity contribution in [3.05, 3.63) is 0 Å². The molecule has 1 heterocycles. The van der Waals surface area contributed by atoms with Gasteiger partial charge in [-0.15, -0.1) is 0 Å². The minimum Gasteiger partial charge on any atom is -0.332 e. The molecular formula is C25H45NO2. The molecule has 0 aromatic rings. The molecule has 0 aromatic heterocycles. The molecule has 28 heavy (non-hydrogen) atoms. The molecule has 1 saturated carbocycles. The number of ketones is 1. The zero-order valence-corrected chi connectivity index (χ0v) is 18.6. The van der Waals surface area contributed by atoms with Crippen LogP contribution in [0.3, 0.4) is 0 Å². The van der Waals surface area contributed by atoms with E-state index in [1.54, 1.807) is 0 Å². The molecule has 1 aliphatic heterocycles. The Bertz CT molecular complexity index is 448. The Kier molecular flexibility index (Phi) is 11.9. The van der Waals surface area contributed by atoms with Crippen molar-refractivity contribution < 1.29 is 9.59 Å². The number of likely N-dealkylation sites (tertiary alicyclic amines) is 1.